The summed E-state index contributed by atoms with van der Waals surface area (Å²) in [5.74, 6) is 2.01. The highest BCUT2D eigenvalue weighted by molar-refractivity contribution is 6.30. The average molecular weight is 509 g/mol. The van der Waals surface area contributed by atoms with Gasteiger partial charge in [0.1, 0.15) is 17.2 Å². The lowest BCUT2D eigenvalue weighted by atomic mass is 9.90. The highest BCUT2D eigenvalue weighted by Gasteiger charge is 2.29. The van der Waals surface area contributed by atoms with Crippen molar-refractivity contribution in [2.75, 3.05) is 12.4 Å². The predicted octanol–water partition coefficient (Wildman–Crippen LogP) is 6.71. The fourth-order valence-electron chi connectivity index (χ4n) is 4.29. The van der Waals surface area contributed by atoms with Crippen LogP contribution in [0.15, 0.2) is 42.5 Å². The van der Waals surface area contributed by atoms with Gasteiger partial charge in [0.2, 0.25) is 0 Å². The van der Waals surface area contributed by atoms with Gasteiger partial charge in [0.15, 0.2) is 5.82 Å². The van der Waals surface area contributed by atoms with Crippen LogP contribution in [-0.2, 0) is 4.74 Å². The molecule has 36 heavy (non-hydrogen) atoms. The van der Waals surface area contributed by atoms with Crippen LogP contribution < -0.4 is 15.4 Å². The summed E-state index contributed by atoms with van der Waals surface area (Å²) >= 11 is 6.01. The summed E-state index contributed by atoms with van der Waals surface area (Å²) < 4.78 is 11.0. The molecule has 2 atom stereocenters. The van der Waals surface area contributed by atoms with E-state index in [-0.39, 0.29) is 12.1 Å². The van der Waals surface area contributed by atoms with Crippen LogP contribution in [0.5, 0.6) is 5.75 Å². The van der Waals surface area contributed by atoms with Crippen molar-refractivity contribution in [2.24, 2.45) is 0 Å². The molecular weight excluding hydrogens is 476 g/mol. The van der Waals surface area contributed by atoms with E-state index in [1.807, 2.05) is 75.4 Å². The first-order valence-electron chi connectivity index (χ1n) is 12.3. The summed E-state index contributed by atoms with van der Waals surface area (Å²) in [6.07, 6.45) is 7.33. The van der Waals surface area contributed by atoms with Crippen LogP contribution in [0.4, 0.5) is 10.6 Å². The number of ether oxygens (including phenoxy) is 2. The molecule has 7 nitrogen and oxygen atoms in total. The normalized spacial score (nSPS) is 18.2. The van der Waals surface area contributed by atoms with Crippen molar-refractivity contribution in [3.05, 3.63) is 58.9 Å². The van der Waals surface area contributed by atoms with Gasteiger partial charge in [-0.25, -0.2) is 14.8 Å². The van der Waals surface area contributed by atoms with Gasteiger partial charge < -0.3 is 20.1 Å². The number of rotatable bonds is 6. The first-order valence-corrected chi connectivity index (χ1v) is 12.6. The number of carbonyl (C=O) groups is 1. The topological polar surface area (TPSA) is 85.4 Å². The molecule has 190 valence electrons. The Morgan fingerprint density at radius 1 is 1.03 bits per heavy atom. The number of fused-ring (bicyclic) bond motifs is 1. The molecule has 1 aliphatic rings. The number of benzene rings is 2. The standard InChI is InChI=1S/C28H33ClN4O3/c1-28(2,3)36-27(34)32-24-8-6-5-7-23(24)31-26-21-17-20(35-4)14-15-22(21)30-25(33-26)16-11-18-9-12-19(29)13-10-18/h9-17,23-24H,5-8H2,1-4H3,(H,32,34)(H,30,31,33)/b16-11-. The first kappa shape index (κ1) is 25.8. The van der Waals surface area contributed by atoms with Crippen LogP contribution in [0.3, 0.4) is 0 Å². The maximum absolute atomic E-state index is 12.5. The fourth-order valence-corrected chi connectivity index (χ4v) is 4.42. The van der Waals surface area contributed by atoms with Gasteiger partial charge in [-0.05, 0) is 75.6 Å². The lowest BCUT2D eigenvalue weighted by Crippen LogP contribution is -2.49. The second-order valence-corrected chi connectivity index (χ2v) is 10.4. The largest absolute Gasteiger partial charge is 0.497 e. The Hall–Kier alpha value is -3.32. The maximum Gasteiger partial charge on any atom is 0.407 e. The van der Waals surface area contributed by atoms with Crippen molar-refractivity contribution in [1.82, 2.24) is 15.3 Å². The zero-order valence-corrected chi connectivity index (χ0v) is 21.9. The smallest absolute Gasteiger partial charge is 0.407 e. The number of anilines is 1. The minimum atomic E-state index is -0.549. The van der Waals surface area contributed by atoms with Gasteiger partial charge >= 0.3 is 6.09 Å². The number of carbonyl (C=O) groups excluding carboxylic acids is 1. The number of halogens is 1. The summed E-state index contributed by atoms with van der Waals surface area (Å²) in [6, 6.07) is 13.3. The van der Waals surface area contributed by atoms with Crippen molar-refractivity contribution in [2.45, 2.75) is 64.1 Å². The molecule has 2 aromatic carbocycles. The Morgan fingerprint density at radius 3 is 2.44 bits per heavy atom. The number of nitrogens with one attached hydrogen (secondary N) is 2. The molecule has 0 bridgehead atoms. The average Bonchev–Trinajstić information content (AvgIpc) is 2.83. The summed E-state index contributed by atoms with van der Waals surface area (Å²) in [6.45, 7) is 5.59. The third-order valence-electron chi connectivity index (χ3n) is 6.01. The predicted molar refractivity (Wildman–Crippen MR) is 146 cm³/mol. The molecule has 0 saturated heterocycles. The van der Waals surface area contributed by atoms with Crippen LogP contribution in [0.1, 0.15) is 57.8 Å². The summed E-state index contributed by atoms with van der Waals surface area (Å²) in [5, 5.41) is 8.23. The zero-order valence-electron chi connectivity index (χ0n) is 21.2. The third-order valence-corrected chi connectivity index (χ3v) is 6.26. The van der Waals surface area contributed by atoms with Crippen LogP contribution in [0.2, 0.25) is 5.02 Å². The molecule has 0 spiro atoms. The van der Waals surface area contributed by atoms with E-state index in [9.17, 15) is 4.79 Å². The molecule has 1 heterocycles. The van der Waals surface area contributed by atoms with Gasteiger partial charge in [-0.3, -0.25) is 0 Å². The number of nitrogens with zero attached hydrogens (tertiary/aromatic N) is 2. The van der Waals surface area contributed by atoms with E-state index in [4.69, 9.17) is 31.0 Å². The number of hydrogen-bond acceptors (Lipinski definition) is 6. The van der Waals surface area contributed by atoms with Gasteiger partial charge in [0.25, 0.3) is 0 Å². The first-order chi connectivity index (χ1) is 17.2. The Kier molecular flexibility index (Phi) is 7.99. The lowest BCUT2D eigenvalue weighted by molar-refractivity contribution is 0.0488. The number of methoxy groups -OCH3 is 1. The number of aromatic nitrogens is 2. The van der Waals surface area contributed by atoms with Crippen molar-refractivity contribution < 1.29 is 14.3 Å². The molecule has 1 amide bonds. The van der Waals surface area contributed by atoms with Crippen molar-refractivity contribution in [1.29, 1.82) is 0 Å². The van der Waals surface area contributed by atoms with E-state index in [2.05, 4.69) is 10.6 Å². The van der Waals surface area contributed by atoms with Crippen molar-refractivity contribution >= 4 is 46.6 Å². The Morgan fingerprint density at radius 2 is 1.75 bits per heavy atom. The van der Waals surface area contributed by atoms with E-state index >= 15 is 0 Å². The highest BCUT2D eigenvalue weighted by Crippen LogP contribution is 2.29. The van der Waals surface area contributed by atoms with Crippen LogP contribution in [0.25, 0.3) is 23.1 Å². The van der Waals surface area contributed by atoms with Crippen molar-refractivity contribution in [3.8, 4) is 5.75 Å². The van der Waals surface area contributed by atoms with Crippen LogP contribution in [-0.4, -0.2) is 40.9 Å². The molecule has 2 unspecified atom stereocenters. The van der Waals surface area contributed by atoms with Gasteiger partial charge in [-0.2, -0.15) is 0 Å². The Balaban J connectivity index is 1.63. The summed E-state index contributed by atoms with van der Waals surface area (Å²) in [7, 11) is 1.64. The summed E-state index contributed by atoms with van der Waals surface area (Å²) in [5.41, 5.74) is 1.25. The van der Waals surface area contributed by atoms with E-state index in [0.717, 1.165) is 47.9 Å². The Bertz CT molecular complexity index is 1240. The minimum absolute atomic E-state index is 0.00339. The molecular formula is C28H33ClN4O3. The SMILES string of the molecule is COc1ccc2nc(/C=C\c3ccc(Cl)cc3)nc(NC3CCCCC3NC(=O)OC(C)(C)C)c2c1. The Labute approximate surface area is 217 Å². The van der Waals surface area contributed by atoms with Gasteiger partial charge in [0.05, 0.1) is 18.7 Å². The minimum Gasteiger partial charge on any atom is -0.497 e. The monoisotopic (exact) mass is 508 g/mol. The van der Waals surface area contributed by atoms with E-state index < -0.39 is 11.7 Å². The van der Waals surface area contributed by atoms with Crippen LogP contribution in [0, 0.1) is 0 Å². The third kappa shape index (κ3) is 6.88. The molecule has 1 aromatic heterocycles. The molecule has 1 saturated carbocycles. The zero-order chi connectivity index (χ0) is 25.7. The van der Waals surface area contributed by atoms with Gasteiger partial charge in [-0.1, -0.05) is 42.7 Å². The van der Waals surface area contributed by atoms with E-state index in [1.54, 1.807) is 7.11 Å². The number of hydrogen-bond donors (Lipinski definition) is 2. The van der Waals surface area contributed by atoms with Gasteiger partial charge in [-0.15, -0.1) is 0 Å². The highest BCUT2D eigenvalue weighted by atomic mass is 35.5. The molecule has 8 heteroatoms. The molecule has 0 radical (unpaired) electrons. The second kappa shape index (κ2) is 11.2. The van der Waals surface area contributed by atoms with Crippen LogP contribution >= 0.6 is 11.6 Å². The number of amides is 1. The van der Waals surface area contributed by atoms with Gasteiger partial charge in [0, 0.05) is 16.5 Å². The van der Waals surface area contributed by atoms with Crippen molar-refractivity contribution in [3.63, 3.8) is 0 Å². The molecule has 1 fully saturated rings. The fraction of sp³-hybridized carbons (Fsp3) is 0.393. The maximum atomic E-state index is 12.5. The molecule has 2 N–H and O–H groups in total. The molecule has 1 aliphatic carbocycles. The van der Waals surface area contributed by atoms with E-state index in [1.165, 1.54) is 0 Å². The van der Waals surface area contributed by atoms with E-state index in [0.29, 0.717) is 16.7 Å². The lowest BCUT2D eigenvalue weighted by Gasteiger charge is -2.34. The number of alkyl carbamates (subject to hydrolysis) is 1. The molecule has 4 rings (SSSR count). The molecule has 0 aliphatic heterocycles. The summed E-state index contributed by atoms with van der Waals surface area (Å²) in [4.78, 5) is 22.1. The quantitative estimate of drug-likeness (QED) is 0.385. The second-order valence-electron chi connectivity index (χ2n) is 9.99. The molecule has 3 aromatic rings.